The first-order chi connectivity index (χ1) is 7.79. The molecule has 88 valence electrons. The lowest BCUT2D eigenvalue weighted by molar-refractivity contribution is 0.544. The maximum Gasteiger partial charge on any atom is 0.0104 e. The van der Waals surface area contributed by atoms with Crippen molar-refractivity contribution in [2.75, 3.05) is 12.3 Å². The van der Waals surface area contributed by atoms with Crippen molar-refractivity contribution in [3.63, 3.8) is 0 Å². The number of rotatable bonds is 4. The van der Waals surface area contributed by atoms with Crippen molar-refractivity contribution < 1.29 is 0 Å². The summed E-state index contributed by atoms with van der Waals surface area (Å²) in [5.41, 5.74) is 8.70. The molecule has 2 N–H and O–H groups in total. The number of benzene rings is 1. The zero-order chi connectivity index (χ0) is 11.4. The summed E-state index contributed by atoms with van der Waals surface area (Å²) in [5.74, 6) is 1.93. The molecule has 0 spiro atoms. The topological polar surface area (TPSA) is 26.0 Å². The largest absolute Gasteiger partial charge is 0.330 e. The van der Waals surface area contributed by atoms with Crippen LogP contribution in [0.3, 0.4) is 0 Å². The lowest BCUT2D eigenvalue weighted by atomic mass is 9.98. The molecule has 1 aromatic rings. The highest BCUT2D eigenvalue weighted by molar-refractivity contribution is 7.99. The van der Waals surface area contributed by atoms with Crippen molar-refractivity contribution >= 4 is 11.8 Å². The average molecular weight is 235 g/mol. The van der Waals surface area contributed by atoms with E-state index in [9.17, 15) is 0 Å². The summed E-state index contributed by atoms with van der Waals surface area (Å²) in [6.07, 6.45) is 4.99. The highest BCUT2D eigenvalue weighted by Crippen LogP contribution is 2.30. The standard InChI is InChI=1S/C14H21NS/c1-11(10-15)4-5-12-6-7-14-13(9-12)3-2-8-16-14/h6-7,9,11H,2-5,8,10,15H2,1H3. The average Bonchev–Trinajstić information content (AvgIpc) is 2.35. The fourth-order valence-corrected chi connectivity index (χ4v) is 3.12. The number of aryl methyl sites for hydroxylation is 2. The number of fused-ring (bicyclic) bond motifs is 1. The van der Waals surface area contributed by atoms with Crippen molar-refractivity contribution in [2.24, 2.45) is 11.7 Å². The van der Waals surface area contributed by atoms with Gasteiger partial charge in [-0.3, -0.25) is 0 Å². The van der Waals surface area contributed by atoms with Crippen LogP contribution in [0.2, 0.25) is 0 Å². The van der Waals surface area contributed by atoms with E-state index < -0.39 is 0 Å². The maximum absolute atomic E-state index is 5.64. The van der Waals surface area contributed by atoms with Crippen LogP contribution in [0.25, 0.3) is 0 Å². The van der Waals surface area contributed by atoms with Crippen molar-refractivity contribution in [1.29, 1.82) is 0 Å². The maximum atomic E-state index is 5.64. The van der Waals surface area contributed by atoms with Gasteiger partial charge in [0.2, 0.25) is 0 Å². The Labute approximate surface area is 103 Å². The fourth-order valence-electron chi connectivity index (χ4n) is 2.10. The Morgan fingerprint density at radius 2 is 2.31 bits per heavy atom. The molecular weight excluding hydrogens is 214 g/mol. The smallest absolute Gasteiger partial charge is 0.0104 e. The second-order valence-corrected chi connectivity index (χ2v) is 5.91. The van der Waals surface area contributed by atoms with Crippen LogP contribution >= 0.6 is 11.8 Å². The first-order valence-electron chi connectivity index (χ1n) is 6.24. The molecule has 2 heteroatoms. The molecule has 0 amide bonds. The summed E-state index contributed by atoms with van der Waals surface area (Å²) >= 11 is 2.01. The van der Waals surface area contributed by atoms with Gasteiger partial charge in [-0.15, -0.1) is 11.8 Å². The molecule has 0 saturated carbocycles. The van der Waals surface area contributed by atoms with Crippen molar-refractivity contribution in [2.45, 2.75) is 37.5 Å². The number of nitrogens with two attached hydrogens (primary N) is 1. The molecular formula is C14H21NS. The Morgan fingerprint density at radius 3 is 3.12 bits per heavy atom. The molecule has 1 unspecified atom stereocenters. The summed E-state index contributed by atoms with van der Waals surface area (Å²) in [5, 5.41) is 0. The minimum Gasteiger partial charge on any atom is -0.330 e. The molecule has 0 bridgehead atoms. The van der Waals surface area contributed by atoms with Crippen molar-refractivity contribution in [1.82, 2.24) is 0 Å². The SMILES string of the molecule is CC(CN)CCc1ccc2c(c1)CCCS2. The van der Waals surface area contributed by atoms with Gasteiger partial charge in [0.05, 0.1) is 0 Å². The van der Waals surface area contributed by atoms with Gasteiger partial charge < -0.3 is 5.73 Å². The van der Waals surface area contributed by atoms with Gasteiger partial charge in [0.1, 0.15) is 0 Å². The van der Waals surface area contributed by atoms with E-state index in [0.29, 0.717) is 5.92 Å². The summed E-state index contributed by atoms with van der Waals surface area (Å²) in [4.78, 5) is 1.50. The molecule has 0 radical (unpaired) electrons. The Bertz CT molecular complexity index is 349. The molecule has 0 saturated heterocycles. The van der Waals surface area contributed by atoms with E-state index in [1.54, 1.807) is 5.56 Å². The van der Waals surface area contributed by atoms with Crippen LogP contribution in [0, 0.1) is 5.92 Å². The zero-order valence-electron chi connectivity index (χ0n) is 10.0. The van der Waals surface area contributed by atoms with Gasteiger partial charge in [0.25, 0.3) is 0 Å². The van der Waals surface area contributed by atoms with E-state index in [-0.39, 0.29) is 0 Å². The van der Waals surface area contributed by atoms with Gasteiger partial charge in [-0.2, -0.15) is 0 Å². The third-order valence-electron chi connectivity index (χ3n) is 3.30. The van der Waals surface area contributed by atoms with Gasteiger partial charge in [-0.25, -0.2) is 0 Å². The van der Waals surface area contributed by atoms with Crippen LogP contribution in [0.15, 0.2) is 23.1 Å². The Hall–Kier alpha value is -0.470. The normalized spacial score (nSPS) is 16.9. The molecule has 2 rings (SSSR count). The molecule has 1 aliphatic heterocycles. The molecule has 1 aromatic carbocycles. The number of hydrogen-bond acceptors (Lipinski definition) is 2. The summed E-state index contributed by atoms with van der Waals surface area (Å²) < 4.78 is 0. The van der Waals surface area contributed by atoms with E-state index in [1.807, 2.05) is 11.8 Å². The Morgan fingerprint density at radius 1 is 1.44 bits per heavy atom. The Balaban J connectivity index is 2.00. The van der Waals surface area contributed by atoms with Crippen molar-refractivity contribution in [3.8, 4) is 0 Å². The molecule has 1 aliphatic rings. The van der Waals surface area contributed by atoms with E-state index in [4.69, 9.17) is 5.73 Å². The fraction of sp³-hybridized carbons (Fsp3) is 0.571. The molecule has 0 aromatic heterocycles. The molecule has 1 atom stereocenters. The van der Waals surface area contributed by atoms with Crippen molar-refractivity contribution in [3.05, 3.63) is 29.3 Å². The highest BCUT2D eigenvalue weighted by atomic mass is 32.2. The summed E-state index contributed by atoms with van der Waals surface area (Å²) in [6.45, 7) is 3.04. The second-order valence-electron chi connectivity index (χ2n) is 4.77. The zero-order valence-corrected chi connectivity index (χ0v) is 10.9. The quantitative estimate of drug-likeness (QED) is 0.867. The van der Waals surface area contributed by atoms with E-state index >= 15 is 0 Å². The minimum atomic E-state index is 0.644. The lowest BCUT2D eigenvalue weighted by Crippen LogP contribution is -2.11. The van der Waals surface area contributed by atoms with E-state index in [1.165, 1.54) is 41.9 Å². The van der Waals surface area contributed by atoms with E-state index in [2.05, 4.69) is 25.1 Å². The predicted molar refractivity (Wildman–Crippen MR) is 72.0 cm³/mol. The van der Waals surface area contributed by atoms with Gasteiger partial charge in [-0.05, 0) is 61.1 Å². The van der Waals surface area contributed by atoms with Gasteiger partial charge >= 0.3 is 0 Å². The van der Waals surface area contributed by atoms with Gasteiger partial charge in [-0.1, -0.05) is 19.1 Å². The van der Waals surface area contributed by atoms with Crippen LogP contribution in [-0.4, -0.2) is 12.3 Å². The molecule has 0 aliphatic carbocycles. The first-order valence-corrected chi connectivity index (χ1v) is 7.23. The van der Waals surface area contributed by atoms with Crippen LogP contribution in [0.1, 0.15) is 30.9 Å². The third-order valence-corrected chi connectivity index (χ3v) is 4.50. The molecule has 1 nitrogen and oxygen atoms in total. The van der Waals surface area contributed by atoms with Gasteiger partial charge in [0.15, 0.2) is 0 Å². The van der Waals surface area contributed by atoms with Crippen LogP contribution < -0.4 is 5.73 Å². The summed E-state index contributed by atoms with van der Waals surface area (Å²) in [7, 11) is 0. The number of hydrogen-bond donors (Lipinski definition) is 1. The Kier molecular flexibility index (Phi) is 4.30. The first kappa shape index (κ1) is 12.0. The van der Waals surface area contributed by atoms with Crippen LogP contribution in [0.4, 0.5) is 0 Å². The molecule has 0 fully saturated rings. The summed E-state index contributed by atoms with van der Waals surface area (Å²) in [6, 6.07) is 7.01. The molecule has 1 heterocycles. The molecule has 16 heavy (non-hydrogen) atoms. The second kappa shape index (κ2) is 5.74. The lowest BCUT2D eigenvalue weighted by Gasteiger charge is -2.16. The van der Waals surface area contributed by atoms with Crippen LogP contribution in [-0.2, 0) is 12.8 Å². The minimum absolute atomic E-state index is 0.644. The van der Waals surface area contributed by atoms with E-state index in [0.717, 1.165) is 6.54 Å². The van der Waals surface area contributed by atoms with Gasteiger partial charge in [0, 0.05) is 4.90 Å². The van der Waals surface area contributed by atoms with Crippen LogP contribution in [0.5, 0.6) is 0 Å². The predicted octanol–water partition coefficient (Wildman–Crippen LogP) is 3.25. The monoisotopic (exact) mass is 235 g/mol. The number of thioether (sulfide) groups is 1. The third kappa shape index (κ3) is 3.02. The highest BCUT2D eigenvalue weighted by Gasteiger charge is 2.10.